The van der Waals surface area contributed by atoms with Gasteiger partial charge in [-0.2, -0.15) is 5.10 Å². The van der Waals surface area contributed by atoms with Crippen LogP contribution in [0.15, 0.2) is 4.79 Å². The molecule has 0 radical (unpaired) electrons. The number of aromatic nitrogens is 3. The Balaban J connectivity index is 2.06. The van der Waals surface area contributed by atoms with Crippen molar-refractivity contribution < 1.29 is 0 Å². The summed E-state index contributed by atoms with van der Waals surface area (Å²) < 4.78 is 1.83. The molecule has 0 aliphatic heterocycles. The van der Waals surface area contributed by atoms with Gasteiger partial charge >= 0.3 is 5.69 Å². The number of hydrogen-bond donors (Lipinski definition) is 1. The number of H-pyrrole nitrogens is 1. The fourth-order valence-electron chi connectivity index (χ4n) is 2.04. The molecule has 1 saturated carbocycles. The van der Waals surface area contributed by atoms with Gasteiger partial charge in [0.1, 0.15) is 5.82 Å². The third kappa shape index (κ3) is 2.13. The average molecular weight is 209 g/mol. The molecule has 0 aromatic carbocycles. The second-order valence-electron chi connectivity index (χ2n) is 4.37. The minimum atomic E-state index is -0.0343. The molecule has 0 amide bonds. The van der Waals surface area contributed by atoms with E-state index in [-0.39, 0.29) is 5.69 Å². The molecule has 1 aromatic rings. The molecule has 15 heavy (non-hydrogen) atoms. The average Bonchev–Trinajstić information content (AvgIpc) is 2.47. The quantitative estimate of drug-likeness (QED) is 0.754. The van der Waals surface area contributed by atoms with Gasteiger partial charge in [-0.1, -0.05) is 26.2 Å². The zero-order chi connectivity index (χ0) is 10.7. The van der Waals surface area contributed by atoms with E-state index in [0.717, 1.165) is 18.8 Å². The van der Waals surface area contributed by atoms with E-state index in [9.17, 15) is 4.79 Å². The molecule has 1 heterocycles. The Morgan fingerprint density at radius 3 is 2.87 bits per heavy atom. The Morgan fingerprint density at radius 2 is 2.27 bits per heavy atom. The summed E-state index contributed by atoms with van der Waals surface area (Å²) in [6, 6.07) is 0. The molecule has 0 atom stereocenters. The Labute approximate surface area is 89.7 Å². The van der Waals surface area contributed by atoms with Crippen LogP contribution >= 0.6 is 0 Å². The molecule has 1 aliphatic rings. The molecule has 4 heteroatoms. The summed E-state index contributed by atoms with van der Waals surface area (Å²) in [6.07, 6.45) is 7.11. The topological polar surface area (TPSA) is 50.7 Å². The van der Waals surface area contributed by atoms with Crippen LogP contribution in [0.5, 0.6) is 0 Å². The lowest BCUT2D eigenvalue weighted by atomic mass is 9.85. The number of aromatic amines is 1. The number of hydrogen-bond acceptors (Lipinski definition) is 2. The summed E-state index contributed by atoms with van der Waals surface area (Å²) in [6.45, 7) is 3.00. The van der Waals surface area contributed by atoms with E-state index in [1.54, 1.807) is 0 Å². The highest BCUT2D eigenvalue weighted by atomic mass is 16.1. The van der Waals surface area contributed by atoms with E-state index in [2.05, 4.69) is 17.1 Å². The third-order valence-corrected chi connectivity index (χ3v) is 3.24. The maximum Gasteiger partial charge on any atom is 0.343 e. The molecule has 2 rings (SSSR count). The lowest BCUT2D eigenvalue weighted by Gasteiger charge is -2.24. The van der Waals surface area contributed by atoms with E-state index >= 15 is 0 Å². The van der Waals surface area contributed by atoms with E-state index in [1.165, 1.54) is 32.1 Å². The van der Waals surface area contributed by atoms with Crippen molar-refractivity contribution in [3.8, 4) is 0 Å². The van der Waals surface area contributed by atoms with Crippen molar-refractivity contribution >= 4 is 0 Å². The van der Waals surface area contributed by atoms with Crippen molar-refractivity contribution in [2.24, 2.45) is 0 Å². The molecular formula is C11H19N3O. The first kappa shape index (κ1) is 10.5. The SMILES string of the molecule is CCCCCn1c(C2CCC2)n[nH]c1=O. The number of nitrogens with one attached hydrogen (secondary N) is 1. The highest BCUT2D eigenvalue weighted by Crippen LogP contribution is 2.34. The highest BCUT2D eigenvalue weighted by Gasteiger charge is 2.25. The van der Waals surface area contributed by atoms with Crippen LogP contribution in [-0.4, -0.2) is 14.8 Å². The van der Waals surface area contributed by atoms with Crippen LogP contribution in [0.2, 0.25) is 0 Å². The van der Waals surface area contributed by atoms with Gasteiger partial charge < -0.3 is 0 Å². The summed E-state index contributed by atoms with van der Waals surface area (Å²) in [7, 11) is 0. The molecule has 4 nitrogen and oxygen atoms in total. The largest absolute Gasteiger partial charge is 0.343 e. The molecular weight excluding hydrogens is 190 g/mol. The Morgan fingerprint density at radius 1 is 1.47 bits per heavy atom. The normalized spacial score (nSPS) is 16.6. The minimum Gasteiger partial charge on any atom is -0.279 e. The van der Waals surface area contributed by atoms with E-state index in [1.807, 2.05) is 4.57 Å². The fraction of sp³-hybridized carbons (Fsp3) is 0.818. The van der Waals surface area contributed by atoms with Crippen LogP contribution in [0.1, 0.15) is 57.2 Å². The molecule has 84 valence electrons. The molecule has 0 bridgehead atoms. The summed E-state index contributed by atoms with van der Waals surface area (Å²) in [5.74, 6) is 1.52. The van der Waals surface area contributed by atoms with Gasteiger partial charge in [0, 0.05) is 12.5 Å². The molecule has 0 spiro atoms. The van der Waals surface area contributed by atoms with Crippen molar-refractivity contribution in [2.45, 2.75) is 57.9 Å². The summed E-state index contributed by atoms with van der Waals surface area (Å²) >= 11 is 0. The fourth-order valence-corrected chi connectivity index (χ4v) is 2.04. The molecule has 1 aliphatic carbocycles. The lowest BCUT2D eigenvalue weighted by Crippen LogP contribution is -2.22. The Kier molecular flexibility index (Phi) is 3.23. The number of rotatable bonds is 5. The predicted molar refractivity (Wildman–Crippen MR) is 59.0 cm³/mol. The van der Waals surface area contributed by atoms with Gasteiger partial charge in [0.05, 0.1) is 0 Å². The molecule has 1 N–H and O–H groups in total. The van der Waals surface area contributed by atoms with Gasteiger partial charge in [-0.25, -0.2) is 9.89 Å². The third-order valence-electron chi connectivity index (χ3n) is 3.24. The Bertz CT molecular complexity index is 362. The van der Waals surface area contributed by atoms with Crippen LogP contribution < -0.4 is 5.69 Å². The highest BCUT2D eigenvalue weighted by molar-refractivity contribution is 5.00. The van der Waals surface area contributed by atoms with Gasteiger partial charge in [-0.05, 0) is 19.3 Å². The van der Waals surface area contributed by atoms with Gasteiger partial charge in [-0.15, -0.1) is 0 Å². The number of nitrogens with zero attached hydrogens (tertiary/aromatic N) is 2. The van der Waals surface area contributed by atoms with Crippen molar-refractivity contribution in [3.05, 3.63) is 16.3 Å². The maximum atomic E-state index is 11.5. The Hall–Kier alpha value is -1.06. The zero-order valence-electron chi connectivity index (χ0n) is 9.33. The minimum absolute atomic E-state index is 0.0343. The van der Waals surface area contributed by atoms with Gasteiger partial charge in [-0.3, -0.25) is 4.57 Å². The first-order valence-electron chi connectivity index (χ1n) is 5.98. The molecule has 1 fully saturated rings. The first-order chi connectivity index (χ1) is 7.33. The summed E-state index contributed by atoms with van der Waals surface area (Å²) in [5, 5.41) is 6.71. The van der Waals surface area contributed by atoms with Crippen LogP contribution in [0.4, 0.5) is 0 Å². The van der Waals surface area contributed by atoms with Crippen molar-refractivity contribution in [2.75, 3.05) is 0 Å². The van der Waals surface area contributed by atoms with Gasteiger partial charge in [0.25, 0.3) is 0 Å². The standard InChI is InChI=1S/C11H19N3O/c1-2-3-4-8-14-10(9-6-5-7-9)12-13-11(14)15/h9H,2-8H2,1H3,(H,13,15). The van der Waals surface area contributed by atoms with Crippen LogP contribution in [0.25, 0.3) is 0 Å². The lowest BCUT2D eigenvalue weighted by molar-refractivity contribution is 0.382. The predicted octanol–water partition coefficient (Wildman–Crippen LogP) is 2.03. The molecule has 1 aromatic heterocycles. The molecule has 0 saturated heterocycles. The molecule has 0 unspecified atom stereocenters. The summed E-state index contributed by atoms with van der Waals surface area (Å²) in [5.41, 5.74) is -0.0343. The monoisotopic (exact) mass is 209 g/mol. The van der Waals surface area contributed by atoms with Gasteiger partial charge in [0.2, 0.25) is 0 Å². The second kappa shape index (κ2) is 4.64. The van der Waals surface area contributed by atoms with Crippen molar-refractivity contribution in [3.63, 3.8) is 0 Å². The van der Waals surface area contributed by atoms with E-state index < -0.39 is 0 Å². The maximum absolute atomic E-state index is 11.5. The van der Waals surface area contributed by atoms with E-state index in [0.29, 0.717) is 5.92 Å². The van der Waals surface area contributed by atoms with Crippen LogP contribution in [0, 0.1) is 0 Å². The number of unbranched alkanes of at least 4 members (excludes halogenated alkanes) is 2. The summed E-state index contributed by atoms with van der Waals surface area (Å²) in [4.78, 5) is 11.5. The smallest absolute Gasteiger partial charge is 0.279 e. The van der Waals surface area contributed by atoms with Gasteiger partial charge in [0.15, 0.2) is 0 Å². The van der Waals surface area contributed by atoms with Crippen molar-refractivity contribution in [1.82, 2.24) is 14.8 Å². The first-order valence-corrected chi connectivity index (χ1v) is 5.98. The van der Waals surface area contributed by atoms with Crippen molar-refractivity contribution in [1.29, 1.82) is 0 Å². The van der Waals surface area contributed by atoms with Crippen LogP contribution in [0.3, 0.4) is 0 Å². The second-order valence-corrected chi connectivity index (χ2v) is 4.37. The van der Waals surface area contributed by atoms with E-state index in [4.69, 9.17) is 0 Å². The zero-order valence-corrected chi connectivity index (χ0v) is 9.33. The van der Waals surface area contributed by atoms with Crippen LogP contribution in [-0.2, 0) is 6.54 Å².